The molecule has 0 aliphatic carbocycles. The van der Waals surface area contributed by atoms with E-state index in [0.29, 0.717) is 24.4 Å². The third-order valence-corrected chi connectivity index (χ3v) is 8.95. The van der Waals surface area contributed by atoms with Gasteiger partial charge in [-0.1, -0.05) is 102 Å². The van der Waals surface area contributed by atoms with Crippen molar-refractivity contribution in [2.24, 2.45) is 5.73 Å². The average molecular weight is 708 g/mol. The first-order valence-corrected chi connectivity index (χ1v) is 18.3. The summed E-state index contributed by atoms with van der Waals surface area (Å²) in [5.41, 5.74) is 10.4. The van der Waals surface area contributed by atoms with E-state index < -0.39 is 29.9 Å². The van der Waals surface area contributed by atoms with Crippen molar-refractivity contribution in [1.29, 1.82) is 0 Å². The Labute approximate surface area is 307 Å². The predicted molar refractivity (Wildman–Crippen MR) is 205 cm³/mol. The third-order valence-electron chi connectivity index (χ3n) is 8.95. The van der Waals surface area contributed by atoms with Gasteiger partial charge in [0.1, 0.15) is 17.8 Å². The molecule has 0 bridgehead atoms. The molecule has 5 N–H and O–H groups in total. The number of hydrogen-bond donors (Lipinski definition) is 4. The minimum atomic E-state index is -1.16. The van der Waals surface area contributed by atoms with Crippen molar-refractivity contribution in [1.82, 2.24) is 20.6 Å². The van der Waals surface area contributed by atoms with Crippen molar-refractivity contribution in [3.05, 3.63) is 102 Å². The van der Waals surface area contributed by atoms with Crippen LogP contribution in [0.1, 0.15) is 94.1 Å². The molecule has 0 radical (unpaired) electrons. The molecular formula is C42H53N5O5. The molecule has 0 spiro atoms. The Kier molecular flexibility index (Phi) is 14.9. The zero-order valence-electron chi connectivity index (χ0n) is 30.9. The fourth-order valence-corrected chi connectivity index (χ4v) is 5.72. The Hall–Kier alpha value is -5.09. The normalized spacial score (nSPS) is 12.5. The second kappa shape index (κ2) is 19.5. The van der Waals surface area contributed by atoms with Crippen LogP contribution >= 0.6 is 0 Å². The van der Waals surface area contributed by atoms with Gasteiger partial charge >= 0.3 is 5.97 Å². The van der Waals surface area contributed by atoms with E-state index in [1.54, 1.807) is 24.5 Å². The highest BCUT2D eigenvalue weighted by molar-refractivity contribution is 5.98. The van der Waals surface area contributed by atoms with Crippen LogP contribution in [0.5, 0.6) is 5.75 Å². The van der Waals surface area contributed by atoms with Crippen LogP contribution in [0.25, 0.3) is 22.5 Å². The standard InChI is InChI=1S/C42H53N5O5/c1-5-6-7-8-9-25-52-35-22-18-30(19-23-35)33-27-44-38(45-28-33)31-14-12-29(13-15-31)26-37(40(49)46-36(41(50)51)11-10-24-43)47-39(48)32-16-20-34(21-17-32)42(2,3)4/h12-23,27-28,36-37H,5-11,24-26,43H2,1-4H3,(H,46,49)(H,47,48)(H,50,51)/t36-,37-/m0/s1. The summed E-state index contributed by atoms with van der Waals surface area (Å²) in [6.07, 6.45) is 10.3. The highest BCUT2D eigenvalue weighted by Crippen LogP contribution is 2.25. The van der Waals surface area contributed by atoms with Gasteiger partial charge in [-0.3, -0.25) is 9.59 Å². The van der Waals surface area contributed by atoms with Crippen LogP contribution in [0.15, 0.2) is 85.2 Å². The maximum atomic E-state index is 13.5. The number of unbranched alkanes of at least 4 members (excludes halogenated alkanes) is 4. The number of ether oxygens (including phenoxy) is 1. The summed E-state index contributed by atoms with van der Waals surface area (Å²) in [4.78, 5) is 47.9. The van der Waals surface area contributed by atoms with Crippen molar-refractivity contribution < 1.29 is 24.2 Å². The summed E-state index contributed by atoms with van der Waals surface area (Å²) in [6.45, 7) is 9.49. The maximum absolute atomic E-state index is 13.5. The molecule has 52 heavy (non-hydrogen) atoms. The number of aromatic nitrogens is 2. The second-order valence-corrected chi connectivity index (χ2v) is 14.2. The molecule has 0 saturated heterocycles. The minimum Gasteiger partial charge on any atom is -0.494 e. The van der Waals surface area contributed by atoms with E-state index >= 15 is 0 Å². The first-order valence-electron chi connectivity index (χ1n) is 18.3. The van der Waals surface area contributed by atoms with E-state index in [1.165, 1.54) is 25.7 Å². The number of rotatable bonds is 19. The number of nitrogens with zero attached hydrogens (tertiary/aromatic N) is 2. The maximum Gasteiger partial charge on any atom is 0.326 e. The van der Waals surface area contributed by atoms with Crippen LogP contribution in [0.2, 0.25) is 0 Å². The Morgan fingerprint density at radius 3 is 2.00 bits per heavy atom. The lowest BCUT2D eigenvalue weighted by molar-refractivity contribution is -0.142. The number of hydrogen-bond acceptors (Lipinski definition) is 7. The van der Waals surface area contributed by atoms with Gasteiger partial charge in [0.05, 0.1) is 6.61 Å². The average Bonchev–Trinajstić information content (AvgIpc) is 3.14. The van der Waals surface area contributed by atoms with E-state index in [2.05, 4.69) is 48.3 Å². The molecule has 10 nitrogen and oxygen atoms in total. The lowest BCUT2D eigenvalue weighted by Crippen LogP contribution is -2.52. The molecule has 4 rings (SSSR count). The lowest BCUT2D eigenvalue weighted by atomic mass is 9.86. The molecule has 1 aromatic heterocycles. The Morgan fingerprint density at radius 2 is 1.40 bits per heavy atom. The number of nitrogens with one attached hydrogen (secondary N) is 2. The smallest absolute Gasteiger partial charge is 0.326 e. The number of benzene rings is 3. The minimum absolute atomic E-state index is 0.0826. The Morgan fingerprint density at radius 1 is 0.769 bits per heavy atom. The molecule has 1 heterocycles. The molecule has 0 aliphatic heterocycles. The van der Waals surface area contributed by atoms with Crippen molar-refractivity contribution in [3.63, 3.8) is 0 Å². The predicted octanol–water partition coefficient (Wildman–Crippen LogP) is 7.11. The van der Waals surface area contributed by atoms with Crippen LogP contribution in [0.4, 0.5) is 0 Å². The Balaban J connectivity index is 1.43. The molecule has 0 saturated carbocycles. The number of carboxylic acid groups (broad SMARTS) is 1. The summed E-state index contributed by atoms with van der Waals surface area (Å²) >= 11 is 0. The summed E-state index contributed by atoms with van der Waals surface area (Å²) in [5, 5.41) is 15.1. The SMILES string of the molecule is CCCCCCCOc1ccc(-c2cnc(-c3ccc(C[C@H](NC(=O)c4ccc(C(C)(C)C)cc4)C(=O)N[C@@H](CCCN)C(=O)O)cc3)nc2)cc1. The highest BCUT2D eigenvalue weighted by atomic mass is 16.5. The second-order valence-electron chi connectivity index (χ2n) is 14.2. The number of nitrogens with two attached hydrogens (primary N) is 1. The summed E-state index contributed by atoms with van der Waals surface area (Å²) < 4.78 is 5.89. The zero-order valence-corrected chi connectivity index (χ0v) is 30.9. The third kappa shape index (κ3) is 12.0. The molecule has 0 unspecified atom stereocenters. The molecule has 2 atom stereocenters. The molecule has 2 amide bonds. The van der Waals surface area contributed by atoms with Crippen molar-refractivity contribution in [2.45, 2.75) is 96.6 Å². The topological polar surface area (TPSA) is 157 Å². The van der Waals surface area contributed by atoms with Gasteiger partial charge in [-0.25, -0.2) is 14.8 Å². The first kappa shape index (κ1) is 39.7. The highest BCUT2D eigenvalue weighted by Gasteiger charge is 2.27. The van der Waals surface area contributed by atoms with Gasteiger partial charge in [0.2, 0.25) is 5.91 Å². The fraction of sp³-hybridized carbons (Fsp3) is 0.405. The molecule has 276 valence electrons. The fourth-order valence-electron chi connectivity index (χ4n) is 5.72. The van der Waals surface area contributed by atoms with E-state index in [1.807, 2.05) is 60.7 Å². The van der Waals surface area contributed by atoms with Gasteiger partial charge < -0.3 is 26.2 Å². The first-order chi connectivity index (χ1) is 25.0. The Bertz CT molecular complexity index is 1720. The van der Waals surface area contributed by atoms with Crippen LogP contribution < -0.4 is 21.1 Å². The molecule has 4 aromatic rings. The van der Waals surface area contributed by atoms with E-state index in [9.17, 15) is 19.5 Å². The van der Waals surface area contributed by atoms with Gasteiger partial charge in [-0.05, 0) is 72.2 Å². The van der Waals surface area contributed by atoms with Gasteiger partial charge in [0.25, 0.3) is 5.91 Å². The van der Waals surface area contributed by atoms with E-state index in [4.69, 9.17) is 10.5 Å². The summed E-state index contributed by atoms with van der Waals surface area (Å²) in [6, 6.07) is 20.5. The lowest BCUT2D eigenvalue weighted by Gasteiger charge is -2.22. The quantitative estimate of drug-likeness (QED) is 0.0752. The van der Waals surface area contributed by atoms with Gasteiger partial charge in [0, 0.05) is 35.5 Å². The number of carbonyl (C=O) groups excluding carboxylic acids is 2. The van der Waals surface area contributed by atoms with Crippen molar-refractivity contribution in [3.8, 4) is 28.3 Å². The van der Waals surface area contributed by atoms with Crippen molar-refractivity contribution >= 4 is 17.8 Å². The van der Waals surface area contributed by atoms with Crippen LogP contribution in [0.3, 0.4) is 0 Å². The monoisotopic (exact) mass is 707 g/mol. The number of carboxylic acids is 1. The molecule has 0 fully saturated rings. The molecule has 10 heteroatoms. The molecular weight excluding hydrogens is 654 g/mol. The largest absolute Gasteiger partial charge is 0.494 e. The zero-order chi connectivity index (χ0) is 37.5. The number of aliphatic carboxylic acids is 1. The summed E-state index contributed by atoms with van der Waals surface area (Å²) in [5.74, 6) is -0.786. The number of carbonyl (C=O) groups is 3. The molecule has 0 aliphatic rings. The van der Waals surface area contributed by atoms with Crippen LogP contribution in [0, 0.1) is 0 Å². The van der Waals surface area contributed by atoms with E-state index in [-0.39, 0.29) is 18.3 Å². The molecule has 3 aromatic carbocycles. The van der Waals surface area contributed by atoms with Gasteiger partial charge in [-0.15, -0.1) is 0 Å². The summed E-state index contributed by atoms with van der Waals surface area (Å²) in [7, 11) is 0. The number of amides is 2. The van der Waals surface area contributed by atoms with Crippen LogP contribution in [-0.4, -0.2) is 58.1 Å². The van der Waals surface area contributed by atoms with E-state index in [0.717, 1.165) is 46.6 Å². The van der Waals surface area contributed by atoms with Gasteiger partial charge in [-0.2, -0.15) is 0 Å². The van der Waals surface area contributed by atoms with Crippen molar-refractivity contribution in [2.75, 3.05) is 13.2 Å². The van der Waals surface area contributed by atoms with Gasteiger partial charge in [0.15, 0.2) is 5.82 Å². The van der Waals surface area contributed by atoms with Crippen LogP contribution in [-0.2, 0) is 21.4 Å².